The SMILES string of the molecule is C[C@H](NC(=O)c1n[nH]c2c1CCCC/C2=C\c1ccc(Cl)cc1)c1ccccc1. The standard InChI is InChI=1S/C24H24ClN3O/c1-16(18-7-3-2-4-8-18)26-24(29)23-21-10-6-5-9-19(22(21)27-28-23)15-17-11-13-20(25)14-12-17/h2-4,7-8,11-16H,5-6,9-10H2,1H3,(H,26,29)(H,27,28)/b19-15+/t16-/m0/s1. The minimum atomic E-state index is -0.133. The molecule has 4 rings (SSSR count). The number of nitrogens with zero attached hydrogens (tertiary/aromatic N) is 1. The van der Waals surface area contributed by atoms with Crippen molar-refractivity contribution in [3.63, 3.8) is 0 Å². The van der Waals surface area contributed by atoms with E-state index in [1.807, 2.05) is 61.5 Å². The highest BCUT2D eigenvalue weighted by Crippen LogP contribution is 2.32. The van der Waals surface area contributed by atoms with Gasteiger partial charge >= 0.3 is 0 Å². The summed E-state index contributed by atoms with van der Waals surface area (Å²) in [5.74, 6) is -0.133. The van der Waals surface area contributed by atoms with Gasteiger partial charge in [0.15, 0.2) is 5.69 Å². The number of carbonyl (C=O) groups excluding carboxylic acids is 1. The Kier molecular flexibility index (Phi) is 5.81. The van der Waals surface area contributed by atoms with Crippen molar-refractivity contribution < 1.29 is 4.79 Å². The van der Waals surface area contributed by atoms with Gasteiger partial charge in [0, 0.05) is 10.6 Å². The number of fused-ring (bicyclic) bond motifs is 1. The molecule has 1 aliphatic rings. The third-order valence-corrected chi connectivity index (χ3v) is 5.64. The van der Waals surface area contributed by atoms with E-state index in [1.165, 1.54) is 5.57 Å². The Labute approximate surface area is 176 Å². The maximum atomic E-state index is 12.9. The Hall–Kier alpha value is -2.85. The van der Waals surface area contributed by atoms with Crippen LogP contribution in [0.5, 0.6) is 0 Å². The number of halogens is 1. The molecule has 0 saturated heterocycles. The van der Waals surface area contributed by atoms with Gasteiger partial charge in [-0.15, -0.1) is 0 Å². The van der Waals surface area contributed by atoms with Gasteiger partial charge in [-0.05, 0) is 67.5 Å². The van der Waals surface area contributed by atoms with Crippen molar-refractivity contribution in [1.29, 1.82) is 0 Å². The predicted octanol–water partition coefficient (Wildman–Crippen LogP) is 5.82. The van der Waals surface area contributed by atoms with Crippen molar-refractivity contribution in [2.24, 2.45) is 0 Å². The monoisotopic (exact) mass is 405 g/mol. The van der Waals surface area contributed by atoms with E-state index in [-0.39, 0.29) is 11.9 Å². The number of hydrogen-bond donors (Lipinski definition) is 2. The van der Waals surface area contributed by atoms with Crippen molar-refractivity contribution in [2.75, 3.05) is 0 Å². The zero-order chi connectivity index (χ0) is 20.2. The second-order valence-corrected chi connectivity index (χ2v) is 7.90. The van der Waals surface area contributed by atoms with Gasteiger partial charge in [0.25, 0.3) is 5.91 Å². The number of hydrogen-bond acceptors (Lipinski definition) is 2. The molecule has 3 aromatic rings. The van der Waals surface area contributed by atoms with Crippen LogP contribution in [0.15, 0.2) is 54.6 Å². The van der Waals surface area contributed by atoms with E-state index in [0.717, 1.165) is 53.1 Å². The molecule has 0 saturated carbocycles. The molecule has 1 aliphatic carbocycles. The van der Waals surface area contributed by atoms with Crippen molar-refractivity contribution in [1.82, 2.24) is 15.5 Å². The van der Waals surface area contributed by atoms with Crippen LogP contribution in [-0.2, 0) is 6.42 Å². The molecule has 5 heteroatoms. The molecule has 2 aromatic carbocycles. The molecule has 0 unspecified atom stereocenters. The molecule has 1 atom stereocenters. The average Bonchev–Trinajstić information content (AvgIpc) is 3.06. The normalized spacial score (nSPS) is 16.1. The van der Waals surface area contributed by atoms with E-state index in [4.69, 9.17) is 11.6 Å². The third-order valence-electron chi connectivity index (χ3n) is 5.38. The van der Waals surface area contributed by atoms with Gasteiger partial charge in [-0.1, -0.05) is 54.1 Å². The predicted molar refractivity (Wildman–Crippen MR) is 118 cm³/mol. The zero-order valence-corrected chi connectivity index (χ0v) is 17.2. The fraction of sp³-hybridized carbons (Fsp3) is 0.250. The van der Waals surface area contributed by atoms with Crippen LogP contribution in [0, 0.1) is 0 Å². The first-order valence-corrected chi connectivity index (χ1v) is 10.4. The van der Waals surface area contributed by atoms with Gasteiger partial charge < -0.3 is 5.32 Å². The quantitative estimate of drug-likeness (QED) is 0.537. The van der Waals surface area contributed by atoms with Crippen LogP contribution in [0.2, 0.25) is 5.02 Å². The van der Waals surface area contributed by atoms with Crippen LogP contribution in [-0.4, -0.2) is 16.1 Å². The lowest BCUT2D eigenvalue weighted by Gasteiger charge is -2.14. The number of H-pyrrole nitrogens is 1. The first-order chi connectivity index (χ1) is 14.1. The van der Waals surface area contributed by atoms with E-state index in [1.54, 1.807) is 0 Å². The number of aromatic amines is 1. The Balaban J connectivity index is 1.60. The van der Waals surface area contributed by atoms with E-state index >= 15 is 0 Å². The molecule has 2 N–H and O–H groups in total. The highest BCUT2D eigenvalue weighted by atomic mass is 35.5. The van der Waals surface area contributed by atoms with E-state index in [0.29, 0.717) is 5.69 Å². The maximum absolute atomic E-state index is 12.9. The summed E-state index contributed by atoms with van der Waals surface area (Å²) in [4.78, 5) is 12.9. The van der Waals surface area contributed by atoms with Crippen LogP contribution in [0.1, 0.15) is 65.1 Å². The van der Waals surface area contributed by atoms with Crippen molar-refractivity contribution >= 4 is 29.2 Å². The molecule has 148 valence electrons. The lowest BCUT2D eigenvalue weighted by Crippen LogP contribution is -2.27. The van der Waals surface area contributed by atoms with Crippen LogP contribution in [0.4, 0.5) is 0 Å². The minimum Gasteiger partial charge on any atom is -0.344 e. The van der Waals surface area contributed by atoms with Gasteiger partial charge in [-0.2, -0.15) is 5.10 Å². The van der Waals surface area contributed by atoms with Gasteiger partial charge in [0.1, 0.15) is 0 Å². The lowest BCUT2D eigenvalue weighted by molar-refractivity contribution is 0.0934. The highest BCUT2D eigenvalue weighted by Gasteiger charge is 2.24. The van der Waals surface area contributed by atoms with Crippen molar-refractivity contribution in [3.05, 3.63) is 87.7 Å². The van der Waals surface area contributed by atoms with Gasteiger partial charge in [-0.25, -0.2) is 0 Å². The number of allylic oxidation sites excluding steroid dienone is 1. The molecule has 1 heterocycles. The summed E-state index contributed by atoms with van der Waals surface area (Å²) < 4.78 is 0. The molecule has 0 radical (unpaired) electrons. The summed E-state index contributed by atoms with van der Waals surface area (Å²) in [6.07, 6.45) is 6.10. The van der Waals surface area contributed by atoms with Crippen molar-refractivity contribution in [3.8, 4) is 0 Å². The van der Waals surface area contributed by atoms with E-state index in [2.05, 4.69) is 21.6 Å². The molecule has 1 aromatic heterocycles. The van der Waals surface area contributed by atoms with Crippen molar-refractivity contribution in [2.45, 2.75) is 38.6 Å². The van der Waals surface area contributed by atoms with Gasteiger partial charge in [0.05, 0.1) is 11.7 Å². The molecule has 29 heavy (non-hydrogen) atoms. The number of benzene rings is 2. The first-order valence-electron chi connectivity index (χ1n) is 10.0. The van der Waals surface area contributed by atoms with Gasteiger partial charge in [-0.3, -0.25) is 9.89 Å². The molecule has 0 fully saturated rings. The molecule has 0 spiro atoms. The third kappa shape index (κ3) is 4.43. The number of carbonyl (C=O) groups is 1. The highest BCUT2D eigenvalue weighted by molar-refractivity contribution is 6.30. The summed E-state index contributed by atoms with van der Waals surface area (Å²) in [5.41, 5.74) is 5.85. The average molecular weight is 406 g/mol. The fourth-order valence-electron chi connectivity index (χ4n) is 3.80. The molecule has 0 aliphatic heterocycles. The van der Waals surface area contributed by atoms with Crippen LogP contribution in [0.25, 0.3) is 11.6 Å². The van der Waals surface area contributed by atoms with E-state index in [9.17, 15) is 4.79 Å². The van der Waals surface area contributed by atoms with E-state index < -0.39 is 0 Å². The number of amides is 1. The number of aromatic nitrogens is 2. The van der Waals surface area contributed by atoms with Crippen LogP contribution < -0.4 is 5.32 Å². The number of rotatable bonds is 4. The Morgan fingerprint density at radius 1 is 1.10 bits per heavy atom. The van der Waals surface area contributed by atoms with Crippen LogP contribution in [0.3, 0.4) is 0 Å². The zero-order valence-electron chi connectivity index (χ0n) is 16.4. The fourth-order valence-corrected chi connectivity index (χ4v) is 3.92. The first kappa shape index (κ1) is 19.5. The summed E-state index contributed by atoms with van der Waals surface area (Å²) >= 11 is 6.00. The largest absolute Gasteiger partial charge is 0.344 e. The Bertz CT molecular complexity index is 1020. The smallest absolute Gasteiger partial charge is 0.272 e. The Morgan fingerprint density at radius 3 is 2.59 bits per heavy atom. The minimum absolute atomic E-state index is 0.0779. The molecule has 1 amide bonds. The van der Waals surface area contributed by atoms with Crippen LogP contribution >= 0.6 is 11.6 Å². The maximum Gasteiger partial charge on any atom is 0.272 e. The lowest BCUT2D eigenvalue weighted by atomic mass is 10.0. The summed E-state index contributed by atoms with van der Waals surface area (Å²) in [5, 5.41) is 11.3. The Morgan fingerprint density at radius 2 is 1.83 bits per heavy atom. The number of nitrogens with one attached hydrogen (secondary N) is 2. The molecular weight excluding hydrogens is 382 g/mol. The molecule has 0 bridgehead atoms. The summed E-state index contributed by atoms with van der Waals surface area (Å²) in [7, 11) is 0. The second-order valence-electron chi connectivity index (χ2n) is 7.46. The molecular formula is C24H24ClN3O. The second kappa shape index (κ2) is 8.66. The summed E-state index contributed by atoms with van der Waals surface area (Å²) in [6.45, 7) is 1.99. The topological polar surface area (TPSA) is 57.8 Å². The summed E-state index contributed by atoms with van der Waals surface area (Å²) in [6, 6.07) is 17.7. The molecule has 4 nitrogen and oxygen atoms in total. The van der Waals surface area contributed by atoms with Gasteiger partial charge in [0.2, 0.25) is 0 Å².